The van der Waals surface area contributed by atoms with Crippen molar-refractivity contribution in [3.8, 4) is 0 Å². The molecule has 0 saturated carbocycles. The molecular formula is C19H23ClN2O3S. The van der Waals surface area contributed by atoms with Gasteiger partial charge in [0.15, 0.2) is 0 Å². The lowest BCUT2D eigenvalue weighted by molar-refractivity contribution is -0.121. The number of carbonyl (C=O) groups is 1. The van der Waals surface area contributed by atoms with Gasteiger partial charge in [-0.2, -0.15) is 0 Å². The molecule has 2 aromatic carbocycles. The van der Waals surface area contributed by atoms with Crippen molar-refractivity contribution in [2.24, 2.45) is 0 Å². The molecule has 1 unspecified atom stereocenters. The van der Waals surface area contributed by atoms with Gasteiger partial charge in [-0.25, -0.2) is 13.1 Å². The second-order valence-corrected chi connectivity index (χ2v) is 8.44. The molecular weight excluding hydrogens is 372 g/mol. The van der Waals surface area contributed by atoms with E-state index < -0.39 is 10.0 Å². The van der Waals surface area contributed by atoms with Crippen LogP contribution in [0.15, 0.2) is 47.4 Å². The van der Waals surface area contributed by atoms with Crippen LogP contribution >= 0.6 is 11.6 Å². The third-order valence-corrected chi connectivity index (χ3v) is 5.89. The van der Waals surface area contributed by atoms with Crippen molar-refractivity contribution in [2.75, 3.05) is 6.54 Å². The quantitative estimate of drug-likeness (QED) is 0.754. The molecule has 0 aliphatic rings. The van der Waals surface area contributed by atoms with Crippen LogP contribution in [0.2, 0.25) is 5.02 Å². The van der Waals surface area contributed by atoms with Gasteiger partial charge in [0, 0.05) is 18.0 Å². The van der Waals surface area contributed by atoms with Crippen LogP contribution in [0, 0.1) is 13.8 Å². The van der Waals surface area contributed by atoms with E-state index in [0.29, 0.717) is 5.02 Å². The standard InChI is InChI=1S/C19H23ClN2O3S/c1-13-4-9-18(12-14(13)2)26(24,25)21-11-10-19(23)22-15(3)16-5-7-17(20)8-6-16/h4-9,12,15,21H,10-11H2,1-3H3,(H,22,23). The fraction of sp³-hybridized carbons (Fsp3) is 0.316. The van der Waals surface area contributed by atoms with E-state index in [1.807, 2.05) is 32.9 Å². The fourth-order valence-corrected chi connectivity index (χ4v) is 3.65. The third kappa shape index (κ3) is 5.56. The first-order valence-electron chi connectivity index (χ1n) is 8.31. The minimum atomic E-state index is -3.63. The molecule has 2 aromatic rings. The van der Waals surface area contributed by atoms with Crippen LogP contribution in [0.4, 0.5) is 0 Å². The van der Waals surface area contributed by atoms with E-state index >= 15 is 0 Å². The summed E-state index contributed by atoms with van der Waals surface area (Å²) in [5.41, 5.74) is 2.86. The predicted molar refractivity (Wildman–Crippen MR) is 104 cm³/mol. The Bertz CT molecular complexity index is 880. The number of halogens is 1. The van der Waals surface area contributed by atoms with Crippen molar-refractivity contribution in [1.82, 2.24) is 10.0 Å². The molecule has 0 radical (unpaired) electrons. The molecule has 0 aliphatic carbocycles. The number of hydrogen-bond donors (Lipinski definition) is 2. The van der Waals surface area contributed by atoms with Gasteiger partial charge in [-0.15, -0.1) is 0 Å². The maximum absolute atomic E-state index is 12.3. The van der Waals surface area contributed by atoms with Gasteiger partial charge in [0.05, 0.1) is 10.9 Å². The molecule has 2 N–H and O–H groups in total. The molecule has 0 spiro atoms. The first-order valence-corrected chi connectivity index (χ1v) is 10.2. The van der Waals surface area contributed by atoms with E-state index in [0.717, 1.165) is 16.7 Å². The number of nitrogens with one attached hydrogen (secondary N) is 2. The van der Waals surface area contributed by atoms with Crippen molar-refractivity contribution < 1.29 is 13.2 Å². The van der Waals surface area contributed by atoms with Crippen LogP contribution in [0.3, 0.4) is 0 Å². The molecule has 0 aromatic heterocycles. The van der Waals surface area contributed by atoms with Crippen LogP contribution in [-0.4, -0.2) is 20.9 Å². The van der Waals surface area contributed by atoms with Crippen LogP contribution in [0.5, 0.6) is 0 Å². The molecule has 1 amide bonds. The van der Waals surface area contributed by atoms with Crippen molar-refractivity contribution in [1.29, 1.82) is 0 Å². The Morgan fingerprint density at radius 2 is 1.73 bits per heavy atom. The highest BCUT2D eigenvalue weighted by molar-refractivity contribution is 7.89. The zero-order valence-electron chi connectivity index (χ0n) is 15.0. The molecule has 1 atom stereocenters. The minimum Gasteiger partial charge on any atom is -0.350 e. The summed E-state index contributed by atoms with van der Waals surface area (Å²) in [6.07, 6.45) is 0.0575. The predicted octanol–water partition coefficient (Wildman–Crippen LogP) is 3.50. The Morgan fingerprint density at radius 3 is 2.35 bits per heavy atom. The first kappa shape index (κ1) is 20.4. The van der Waals surface area contributed by atoms with E-state index in [-0.39, 0.29) is 29.8 Å². The SMILES string of the molecule is Cc1ccc(S(=O)(=O)NCCC(=O)NC(C)c2ccc(Cl)cc2)cc1C. The molecule has 0 bridgehead atoms. The fourth-order valence-electron chi connectivity index (χ4n) is 2.41. The summed E-state index contributed by atoms with van der Waals surface area (Å²) in [6.45, 7) is 5.68. The van der Waals surface area contributed by atoms with Gasteiger partial charge in [0.25, 0.3) is 0 Å². The van der Waals surface area contributed by atoms with Gasteiger partial charge in [-0.1, -0.05) is 29.8 Å². The Balaban J connectivity index is 1.87. The number of hydrogen-bond acceptors (Lipinski definition) is 3. The summed E-state index contributed by atoms with van der Waals surface area (Å²) < 4.78 is 27.1. The minimum absolute atomic E-state index is 0.0361. The Kier molecular flexibility index (Phi) is 6.81. The van der Waals surface area contributed by atoms with E-state index in [4.69, 9.17) is 11.6 Å². The molecule has 0 saturated heterocycles. The number of sulfonamides is 1. The maximum atomic E-state index is 12.3. The van der Waals surface area contributed by atoms with Gasteiger partial charge in [0.1, 0.15) is 0 Å². The van der Waals surface area contributed by atoms with Crippen LogP contribution in [0.1, 0.15) is 36.1 Å². The van der Waals surface area contributed by atoms with Gasteiger partial charge >= 0.3 is 0 Å². The Morgan fingerprint density at radius 1 is 1.08 bits per heavy atom. The van der Waals surface area contributed by atoms with Crippen LogP contribution < -0.4 is 10.0 Å². The second kappa shape index (κ2) is 8.66. The number of carbonyl (C=O) groups excluding carboxylic acids is 1. The van der Waals surface area contributed by atoms with Crippen molar-refractivity contribution in [3.05, 3.63) is 64.2 Å². The van der Waals surface area contributed by atoms with Crippen LogP contribution in [0.25, 0.3) is 0 Å². The number of rotatable bonds is 7. The molecule has 5 nitrogen and oxygen atoms in total. The van der Waals surface area contributed by atoms with Gasteiger partial charge in [0.2, 0.25) is 15.9 Å². The smallest absolute Gasteiger partial charge is 0.240 e. The summed E-state index contributed by atoms with van der Waals surface area (Å²) in [7, 11) is -3.63. The van der Waals surface area contributed by atoms with Gasteiger partial charge < -0.3 is 5.32 Å². The zero-order valence-corrected chi connectivity index (χ0v) is 16.6. The summed E-state index contributed by atoms with van der Waals surface area (Å²) in [5.74, 6) is -0.227. The lowest BCUT2D eigenvalue weighted by Crippen LogP contribution is -2.32. The first-order chi connectivity index (χ1) is 12.2. The Hall–Kier alpha value is -1.89. The van der Waals surface area contributed by atoms with E-state index in [1.165, 1.54) is 0 Å². The number of amides is 1. The van der Waals surface area contributed by atoms with Crippen LogP contribution in [-0.2, 0) is 14.8 Å². The topological polar surface area (TPSA) is 75.3 Å². The molecule has 140 valence electrons. The lowest BCUT2D eigenvalue weighted by atomic mass is 10.1. The largest absolute Gasteiger partial charge is 0.350 e. The maximum Gasteiger partial charge on any atom is 0.240 e. The zero-order chi connectivity index (χ0) is 19.3. The molecule has 0 fully saturated rings. The highest BCUT2D eigenvalue weighted by atomic mass is 35.5. The second-order valence-electron chi connectivity index (χ2n) is 6.23. The molecule has 0 heterocycles. The third-order valence-electron chi connectivity index (χ3n) is 4.18. The lowest BCUT2D eigenvalue weighted by Gasteiger charge is -2.15. The average Bonchev–Trinajstić information content (AvgIpc) is 2.57. The Labute approximate surface area is 159 Å². The molecule has 7 heteroatoms. The summed E-state index contributed by atoms with van der Waals surface area (Å²) >= 11 is 5.85. The van der Waals surface area contributed by atoms with E-state index in [2.05, 4.69) is 10.0 Å². The molecule has 0 aliphatic heterocycles. The van der Waals surface area contributed by atoms with E-state index in [9.17, 15) is 13.2 Å². The van der Waals surface area contributed by atoms with E-state index in [1.54, 1.807) is 30.3 Å². The van der Waals surface area contributed by atoms with Gasteiger partial charge in [-0.3, -0.25) is 4.79 Å². The highest BCUT2D eigenvalue weighted by Crippen LogP contribution is 2.16. The normalized spacial score (nSPS) is 12.6. The van der Waals surface area contributed by atoms with Crippen molar-refractivity contribution in [2.45, 2.75) is 38.1 Å². The van der Waals surface area contributed by atoms with Crippen molar-refractivity contribution in [3.63, 3.8) is 0 Å². The average molecular weight is 395 g/mol. The summed E-state index contributed by atoms with van der Waals surface area (Å²) in [5, 5.41) is 3.47. The summed E-state index contributed by atoms with van der Waals surface area (Å²) in [6, 6.07) is 12.0. The highest BCUT2D eigenvalue weighted by Gasteiger charge is 2.15. The van der Waals surface area contributed by atoms with Gasteiger partial charge in [-0.05, 0) is 61.7 Å². The molecule has 26 heavy (non-hydrogen) atoms. The summed E-state index contributed by atoms with van der Waals surface area (Å²) in [4.78, 5) is 12.2. The number of benzene rings is 2. The molecule has 2 rings (SSSR count). The number of aryl methyl sites for hydroxylation is 2. The van der Waals surface area contributed by atoms with Crippen molar-refractivity contribution >= 4 is 27.5 Å². The monoisotopic (exact) mass is 394 g/mol.